The molecule has 2 rings (SSSR count). The van der Waals surface area contributed by atoms with E-state index in [-0.39, 0.29) is 39.4 Å². The first-order chi connectivity index (χ1) is 13.7. The van der Waals surface area contributed by atoms with Crippen LogP contribution in [0.3, 0.4) is 0 Å². The minimum absolute atomic E-state index is 0.0770. The summed E-state index contributed by atoms with van der Waals surface area (Å²) in [7, 11) is 1.57. The van der Waals surface area contributed by atoms with Crippen LogP contribution in [0.2, 0.25) is 0 Å². The van der Waals surface area contributed by atoms with Crippen molar-refractivity contribution in [3.05, 3.63) is 40.2 Å². The molecule has 0 saturated heterocycles. The summed E-state index contributed by atoms with van der Waals surface area (Å²) < 4.78 is 6.63. The highest BCUT2D eigenvalue weighted by atomic mass is 32.2. The van der Waals surface area contributed by atoms with Gasteiger partial charge < -0.3 is 15.2 Å². The summed E-state index contributed by atoms with van der Waals surface area (Å²) >= 11 is 1.11. The number of ether oxygens (including phenoxy) is 1. The quantitative estimate of drug-likeness (QED) is 0.504. The Hall–Kier alpha value is -2.48. The summed E-state index contributed by atoms with van der Waals surface area (Å²) in [5.41, 5.74) is 0.202. The molecule has 1 amide bonds. The van der Waals surface area contributed by atoms with Crippen LogP contribution >= 0.6 is 11.8 Å². The number of hydrogen-bond acceptors (Lipinski definition) is 6. The second kappa shape index (κ2) is 9.82. The minimum atomic E-state index is -0.354. The lowest BCUT2D eigenvalue weighted by molar-refractivity contribution is -0.119. The van der Waals surface area contributed by atoms with Gasteiger partial charge in [0.2, 0.25) is 11.8 Å². The molecule has 1 aromatic carbocycles. The van der Waals surface area contributed by atoms with Gasteiger partial charge in [-0.1, -0.05) is 25.1 Å². The fourth-order valence-corrected chi connectivity index (χ4v) is 3.54. The number of thioether (sulfide) groups is 1. The van der Waals surface area contributed by atoms with Crippen molar-refractivity contribution in [1.82, 2.24) is 14.9 Å². The molecule has 158 valence electrons. The van der Waals surface area contributed by atoms with E-state index in [9.17, 15) is 14.7 Å². The Balaban J connectivity index is 2.45. The molecule has 0 atom stereocenters. The largest absolute Gasteiger partial charge is 0.497 e. The molecule has 2 aromatic rings. The molecular formula is C21H29N3O4S. The number of carbonyl (C=O) groups excluding carboxylic acids is 1. The zero-order chi connectivity index (χ0) is 21.6. The molecule has 0 saturated carbocycles. The highest BCUT2D eigenvalue weighted by Gasteiger charge is 2.20. The van der Waals surface area contributed by atoms with Crippen molar-refractivity contribution in [2.24, 2.45) is 0 Å². The van der Waals surface area contributed by atoms with Crippen molar-refractivity contribution in [2.75, 3.05) is 12.9 Å². The summed E-state index contributed by atoms with van der Waals surface area (Å²) in [5.74, 6) is 0.297. The van der Waals surface area contributed by atoms with Crippen molar-refractivity contribution >= 4 is 17.7 Å². The van der Waals surface area contributed by atoms with Crippen molar-refractivity contribution in [3.8, 4) is 17.3 Å². The Labute approximate surface area is 175 Å². The topological polar surface area (TPSA) is 93.5 Å². The number of aromatic hydroxyl groups is 1. The van der Waals surface area contributed by atoms with Crippen LogP contribution in [0.15, 0.2) is 34.2 Å². The highest BCUT2D eigenvalue weighted by Crippen LogP contribution is 2.24. The van der Waals surface area contributed by atoms with E-state index in [0.29, 0.717) is 17.9 Å². The van der Waals surface area contributed by atoms with Gasteiger partial charge in [0.1, 0.15) is 5.75 Å². The number of rotatable bonds is 8. The van der Waals surface area contributed by atoms with Gasteiger partial charge in [0.05, 0.1) is 24.1 Å². The second-order valence-corrected chi connectivity index (χ2v) is 8.67. The maximum absolute atomic E-state index is 13.2. The van der Waals surface area contributed by atoms with E-state index >= 15 is 0 Å². The monoisotopic (exact) mass is 419 g/mol. The van der Waals surface area contributed by atoms with Gasteiger partial charge in [-0.15, -0.1) is 0 Å². The third-order valence-corrected chi connectivity index (χ3v) is 5.02. The Morgan fingerprint density at radius 1 is 1.28 bits per heavy atom. The van der Waals surface area contributed by atoms with Gasteiger partial charge in [-0.05, 0) is 57.9 Å². The van der Waals surface area contributed by atoms with Crippen LogP contribution < -0.4 is 15.6 Å². The number of hydrogen-bond donors (Lipinski definition) is 2. The number of nitrogens with one attached hydrogen (secondary N) is 1. The van der Waals surface area contributed by atoms with E-state index in [1.165, 1.54) is 4.57 Å². The standard InChI is InChI=1S/C21H29N3O4S/c1-6-7-8-16-18(26)22-20(29-13-17(25)23-21(2,3)4)24(19(16)27)14-9-11-15(28-5)12-10-14/h9-12,26H,6-8,13H2,1-5H3,(H,23,25). The molecular weight excluding hydrogens is 390 g/mol. The van der Waals surface area contributed by atoms with E-state index in [2.05, 4.69) is 10.3 Å². The predicted octanol–water partition coefficient (Wildman–Crippen LogP) is 3.30. The predicted molar refractivity (Wildman–Crippen MR) is 115 cm³/mol. The Bertz CT molecular complexity index is 902. The van der Waals surface area contributed by atoms with E-state index < -0.39 is 0 Å². The molecule has 0 aliphatic carbocycles. The molecule has 7 nitrogen and oxygen atoms in total. The first-order valence-electron chi connectivity index (χ1n) is 9.59. The summed E-state index contributed by atoms with van der Waals surface area (Å²) in [6.45, 7) is 7.71. The SMILES string of the molecule is CCCCc1c(O)nc(SCC(=O)NC(C)(C)C)n(-c2ccc(OC)cc2)c1=O. The maximum atomic E-state index is 13.2. The van der Waals surface area contributed by atoms with Crippen LogP contribution in [0.4, 0.5) is 0 Å². The molecule has 1 aromatic heterocycles. The number of unbranched alkanes of at least 4 members (excludes halogenated alkanes) is 1. The minimum Gasteiger partial charge on any atom is -0.497 e. The first-order valence-corrected chi connectivity index (χ1v) is 10.6. The molecule has 0 spiro atoms. The summed E-state index contributed by atoms with van der Waals surface area (Å²) in [6, 6.07) is 7.01. The van der Waals surface area contributed by atoms with Gasteiger partial charge in [-0.2, -0.15) is 4.98 Å². The number of benzene rings is 1. The van der Waals surface area contributed by atoms with Gasteiger partial charge >= 0.3 is 0 Å². The van der Waals surface area contributed by atoms with Crippen molar-refractivity contribution < 1.29 is 14.6 Å². The molecule has 2 N–H and O–H groups in total. The Morgan fingerprint density at radius 3 is 2.48 bits per heavy atom. The number of methoxy groups -OCH3 is 1. The fraction of sp³-hybridized carbons (Fsp3) is 0.476. The van der Waals surface area contributed by atoms with E-state index in [1.54, 1.807) is 31.4 Å². The van der Waals surface area contributed by atoms with Crippen LogP contribution in [0.5, 0.6) is 11.6 Å². The van der Waals surface area contributed by atoms with Gasteiger partial charge in [0, 0.05) is 5.54 Å². The van der Waals surface area contributed by atoms with Crippen molar-refractivity contribution in [2.45, 2.75) is 57.7 Å². The van der Waals surface area contributed by atoms with Gasteiger partial charge in [-0.25, -0.2) is 0 Å². The number of nitrogens with zero attached hydrogens (tertiary/aromatic N) is 2. The number of amides is 1. The second-order valence-electron chi connectivity index (χ2n) is 7.73. The molecule has 0 aliphatic rings. The van der Waals surface area contributed by atoms with E-state index in [4.69, 9.17) is 4.74 Å². The van der Waals surface area contributed by atoms with Crippen LogP contribution in [-0.4, -0.2) is 39.0 Å². The lowest BCUT2D eigenvalue weighted by atomic mass is 10.1. The Kier molecular flexibility index (Phi) is 7.73. The smallest absolute Gasteiger partial charge is 0.265 e. The molecule has 0 radical (unpaired) electrons. The lowest BCUT2D eigenvalue weighted by Crippen LogP contribution is -2.41. The Morgan fingerprint density at radius 2 is 1.93 bits per heavy atom. The van der Waals surface area contributed by atoms with Crippen molar-refractivity contribution in [3.63, 3.8) is 0 Å². The zero-order valence-corrected chi connectivity index (χ0v) is 18.4. The molecule has 1 heterocycles. The number of carbonyl (C=O) groups is 1. The summed E-state index contributed by atoms with van der Waals surface area (Å²) in [4.78, 5) is 29.6. The van der Waals surface area contributed by atoms with Crippen LogP contribution in [0.25, 0.3) is 5.69 Å². The number of aromatic nitrogens is 2. The third kappa shape index (κ3) is 6.25. The van der Waals surface area contributed by atoms with Crippen LogP contribution in [0, 0.1) is 0 Å². The van der Waals surface area contributed by atoms with Crippen LogP contribution in [0.1, 0.15) is 46.1 Å². The summed E-state index contributed by atoms with van der Waals surface area (Å²) in [6.07, 6.45) is 2.11. The van der Waals surface area contributed by atoms with Gasteiger partial charge in [0.25, 0.3) is 5.56 Å². The summed E-state index contributed by atoms with van der Waals surface area (Å²) in [5, 5.41) is 13.5. The maximum Gasteiger partial charge on any atom is 0.265 e. The molecule has 0 bridgehead atoms. The average molecular weight is 420 g/mol. The molecule has 0 unspecified atom stereocenters. The first kappa shape index (κ1) is 22.8. The third-order valence-electron chi connectivity index (χ3n) is 4.08. The normalized spacial score (nSPS) is 11.3. The van der Waals surface area contributed by atoms with Crippen molar-refractivity contribution in [1.29, 1.82) is 0 Å². The molecule has 0 fully saturated rings. The molecule has 0 aliphatic heterocycles. The van der Waals surface area contributed by atoms with E-state index in [1.807, 2.05) is 27.7 Å². The average Bonchev–Trinajstić information content (AvgIpc) is 2.65. The van der Waals surface area contributed by atoms with E-state index in [0.717, 1.165) is 24.6 Å². The fourth-order valence-electron chi connectivity index (χ4n) is 2.74. The lowest BCUT2D eigenvalue weighted by Gasteiger charge is -2.20. The van der Waals surface area contributed by atoms with Crippen LogP contribution in [-0.2, 0) is 11.2 Å². The van der Waals surface area contributed by atoms with Gasteiger partial charge in [-0.3, -0.25) is 14.2 Å². The van der Waals surface area contributed by atoms with Gasteiger partial charge in [0.15, 0.2) is 5.16 Å². The highest BCUT2D eigenvalue weighted by molar-refractivity contribution is 7.99. The molecule has 8 heteroatoms. The molecule has 29 heavy (non-hydrogen) atoms. The zero-order valence-electron chi connectivity index (χ0n) is 17.6.